The molecule has 1 aromatic carbocycles. The molecule has 1 rings (SSSR count). The van der Waals surface area contributed by atoms with Crippen molar-refractivity contribution in [3.63, 3.8) is 0 Å². The van der Waals surface area contributed by atoms with Gasteiger partial charge in [0.2, 0.25) is 0 Å². The van der Waals surface area contributed by atoms with Crippen molar-refractivity contribution >= 4 is 23.1 Å². The summed E-state index contributed by atoms with van der Waals surface area (Å²) < 4.78 is 0. The third-order valence-corrected chi connectivity index (χ3v) is 0.556. The van der Waals surface area contributed by atoms with Crippen molar-refractivity contribution in [2.75, 3.05) is 6.61 Å². The van der Waals surface area contributed by atoms with Gasteiger partial charge in [0.15, 0.2) is 0 Å². The van der Waals surface area contributed by atoms with E-state index in [1.54, 1.807) is 6.92 Å². The molecule has 9 heavy (non-hydrogen) atoms. The van der Waals surface area contributed by atoms with Crippen LogP contribution >= 0.6 is 0 Å². The minimum Gasteiger partial charge on any atom is -0.855 e. The fraction of sp³-hybridized carbons (Fsp3) is 0.286. The maximum atomic E-state index is 8.93. The van der Waals surface area contributed by atoms with E-state index in [1.165, 1.54) is 0 Å². The number of hydrogen-bond acceptors (Lipinski definition) is 1. The molecule has 0 aromatic heterocycles. The van der Waals surface area contributed by atoms with Gasteiger partial charge < -0.3 is 5.11 Å². The van der Waals surface area contributed by atoms with Gasteiger partial charge in [0, 0.05) is 0 Å². The van der Waals surface area contributed by atoms with Crippen molar-refractivity contribution < 1.29 is 5.11 Å². The SMILES string of the molecule is CC[O-].[Mg+2].c1cc[cH-]c1. The molecule has 46 valence electrons. The zero-order chi connectivity index (χ0) is 6.24. The standard InChI is InChI=1S/C5H5.C2H5O.Mg/c1-2-4-5-3-1;1-2-3;/h1-5H;2H2,1H3;/q2*-1;+2. The first-order chi connectivity index (χ1) is 3.91. The van der Waals surface area contributed by atoms with Crippen LogP contribution in [0.2, 0.25) is 0 Å². The molecule has 0 aliphatic rings. The zero-order valence-electron chi connectivity index (χ0n) is 5.71. The normalized spacial score (nSPS) is 6.44. The number of rotatable bonds is 0. The molecule has 0 saturated carbocycles. The Morgan fingerprint density at radius 1 is 1.33 bits per heavy atom. The summed E-state index contributed by atoms with van der Waals surface area (Å²) in [4.78, 5) is 0. The quantitative estimate of drug-likeness (QED) is 0.372. The summed E-state index contributed by atoms with van der Waals surface area (Å²) in [6.07, 6.45) is 0. The Labute approximate surface area is 72.2 Å². The Morgan fingerprint density at radius 2 is 1.67 bits per heavy atom. The first-order valence-corrected chi connectivity index (χ1v) is 2.66. The second kappa shape index (κ2) is 11.0. The van der Waals surface area contributed by atoms with Crippen molar-refractivity contribution in [1.82, 2.24) is 0 Å². The van der Waals surface area contributed by atoms with Crippen LogP contribution in [0.15, 0.2) is 30.3 Å². The summed E-state index contributed by atoms with van der Waals surface area (Å²) in [6.45, 7) is 1.57. The minimum atomic E-state index is 0. The van der Waals surface area contributed by atoms with Gasteiger partial charge >= 0.3 is 23.1 Å². The van der Waals surface area contributed by atoms with E-state index in [1.807, 2.05) is 30.3 Å². The minimum absolute atomic E-state index is 0. The molecule has 1 nitrogen and oxygen atoms in total. The molecule has 1 aromatic rings. The second-order valence-corrected chi connectivity index (χ2v) is 1.25. The molecule has 0 radical (unpaired) electrons. The van der Waals surface area contributed by atoms with Gasteiger partial charge in [-0.15, -0.1) is 6.61 Å². The average molecular weight is 134 g/mol. The van der Waals surface area contributed by atoms with E-state index in [0.717, 1.165) is 0 Å². The van der Waals surface area contributed by atoms with Gasteiger partial charge in [-0.05, 0) is 0 Å². The summed E-state index contributed by atoms with van der Waals surface area (Å²) in [6, 6.07) is 10.0. The van der Waals surface area contributed by atoms with Gasteiger partial charge in [-0.1, -0.05) is 6.92 Å². The van der Waals surface area contributed by atoms with Gasteiger partial charge in [-0.25, -0.2) is 12.1 Å². The molecule has 0 heterocycles. The van der Waals surface area contributed by atoms with Crippen LogP contribution in [-0.4, -0.2) is 29.7 Å². The first kappa shape index (κ1) is 11.8. The molecule has 0 saturated heterocycles. The van der Waals surface area contributed by atoms with Gasteiger partial charge in [-0.2, -0.15) is 18.2 Å². The van der Waals surface area contributed by atoms with Crippen LogP contribution in [0, 0.1) is 0 Å². The summed E-state index contributed by atoms with van der Waals surface area (Å²) in [5, 5.41) is 8.93. The maximum Gasteiger partial charge on any atom is 2.00 e. The monoisotopic (exact) mass is 134 g/mol. The summed E-state index contributed by atoms with van der Waals surface area (Å²) in [5.41, 5.74) is 0. The molecular weight excluding hydrogens is 124 g/mol. The van der Waals surface area contributed by atoms with Gasteiger partial charge in [0.05, 0.1) is 0 Å². The molecule has 0 amide bonds. The summed E-state index contributed by atoms with van der Waals surface area (Å²) in [7, 11) is 0. The van der Waals surface area contributed by atoms with Crippen molar-refractivity contribution in [3.05, 3.63) is 30.3 Å². The smallest absolute Gasteiger partial charge is 0.855 e. The molecule has 2 heteroatoms. The second-order valence-electron chi connectivity index (χ2n) is 1.25. The van der Waals surface area contributed by atoms with Crippen molar-refractivity contribution in [2.24, 2.45) is 0 Å². The van der Waals surface area contributed by atoms with E-state index >= 15 is 0 Å². The van der Waals surface area contributed by atoms with Crippen LogP contribution < -0.4 is 5.11 Å². The predicted molar refractivity (Wildman–Crippen MR) is 38.3 cm³/mol. The molecule has 0 unspecified atom stereocenters. The van der Waals surface area contributed by atoms with Crippen LogP contribution in [-0.2, 0) is 0 Å². The summed E-state index contributed by atoms with van der Waals surface area (Å²) >= 11 is 0. The Hall–Kier alpha value is 0.0762. The zero-order valence-corrected chi connectivity index (χ0v) is 7.12. The van der Waals surface area contributed by atoms with E-state index in [4.69, 9.17) is 5.11 Å². The molecule has 0 aliphatic carbocycles. The largest absolute Gasteiger partial charge is 2.00 e. The van der Waals surface area contributed by atoms with E-state index in [9.17, 15) is 0 Å². The molecule has 0 spiro atoms. The van der Waals surface area contributed by atoms with E-state index in [-0.39, 0.29) is 29.7 Å². The van der Waals surface area contributed by atoms with E-state index in [0.29, 0.717) is 0 Å². The molecule has 0 atom stereocenters. The topological polar surface area (TPSA) is 23.1 Å². The van der Waals surface area contributed by atoms with Crippen LogP contribution in [0.1, 0.15) is 6.92 Å². The first-order valence-electron chi connectivity index (χ1n) is 2.66. The average Bonchev–Trinajstić information content (AvgIpc) is 2.17. The van der Waals surface area contributed by atoms with Crippen LogP contribution in [0.5, 0.6) is 0 Å². The molecule has 0 fully saturated rings. The van der Waals surface area contributed by atoms with Gasteiger partial charge in [0.1, 0.15) is 0 Å². The Kier molecular flexibility index (Phi) is 14.4. The third-order valence-electron chi connectivity index (χ3n) is 0.556. The van der Waals surface area contributed by atoms with Gasteiger partial charge in [0.25, 0.3) is 0 Å². The Balaban J connectivity index is 0. The van der Waals surface area contributed by atoms with Gasteiger partial charge in [-0.3, -0.25) is 0 Å². The van der Waals surface area contributed by atoms with Crippen molar-refractivity contribution in [2.45, 2.75) is 6.92 Å². The van der Waals surface area contributed by atoms with Crippen LogP contribution in [0.4, 0.5) is 0 Å². The Bertz CT molecular complexity index is 75.8. The molecule has 0 N–H and O–H groups in total. The fourth-order valence-electron chi connectivity index (χ4n) is 0.321. The summed E-state index contributed by atoms with van der Waals surface area (Å²) in [5.74, 6) is 0. The van der Waals surface area contributed by atoms with E-state index in [2.05, 4.69) is 0 Å². The van der Waals surface area contributed by atoms with Crippen LogP contribution in [0.3, 0.4) is 0 Å². The predicted octanol–water partition coefficient (Wildman–Crippen LogP) is 0.391. The van der Waals surface area contributed by atoms with Crippen molar-refractivity contribution in [1.29, 1.82) is 0 Å². The fourth-order valence-corrected chi connectivity index (χ4v) is 0.321. The van der Waals surface area contributed by atoms with E-state index < -0.39 is 0 Å². The van der Waals surface area contributed by atoms with Crippen LogP contribution in [0.25, 0.3) is 0 Å². The Morgan fingerprint density at radius 3 is 1.78 bits per heavy atom. The molecular formula is C7H10MgO. The third kappa shape index (κ3) is 11.6. The number of hydrogen-bond donors (Lipinski definition) is 0. The van der Waals surface area contributed by atoms with Crippen molar-refractivity contribution in [3.8, 4) is 0 Å². The molecule has 0 bridgehead atoms. The maximum absolute atomic E-state index is 8.93. The molecule has 0 aliphatic heterocycles.